The summed E-state index contributed by atoms with van der Waals surface area (Å²) in [7, 11) is -2.00. The molecule has 0 aliphatic rings. The van der Waals surface area contributed by atoms with Crippen LogP contribution >= 0.6 is 0 Å². The van der Waals surface area contributed by atoms with Gasteiger partial charge in [0.15, 0.2) is 0 Å². The fraction of sp³-hybridized carbons (Fsp3) is 0.350. The summed E-state index contributed by atoms with van der Waals surface area (Å²) in [4.78, 5) is 12.5. The second-order valence-electron chi connectivity index (χ2n) is 6.35. The number of amides is 1. The molecule has 0 aliphatic heterocycles. The Labute approximate surface area is 161 Å². The summed E-state index contributed by atoms with van der Waals surface area (Å²) >= 11 is 0. The number of hydrogen-bond donors (Lipinski definition) is 1. The predicted octanol–water partition coefficient (Wildman–Crippen LogP) is 2.90. The van der Waals surface area contributed by atoms with E-state index in [1.54, 1.807) is 19.2 Å². The minimum Gasteiger partial charge on any atom is -0.497 e. The van der Waals surface area contributed by atoms with Crippen molar-refractivity contribution >= 4 is 21.6 Å². The lowest BCUT2D eigenvalue weighted by molar-refractivity contribution is -0.120. The van der Waals surface area contributed by atoms with Crippen molar-refractivity contribution in [1.29, 1.82) is 0 Å². The SMILES string of the molecule is CCc1ccc(N(CC(=O)NC(C)c2ccc(OC)cc2)S(C)(=O)=O)cc1. The van der Waals surface area contributed by atoms with Crippen LogP contribution in [0.1, 0.15) is 31.0 Å². The van der Waals surface area contributed by atoms with Gasteiger partial charge in [0.05, 0.1) is 25.1 Å². The number of nitrogens with zero attached hydrogens (tertiary/aromatic N) is 1. The van der Waals surface area contributed by atoms with E-state index in [-0.39, 0.29) is 18.5 Å². The van der Waals surface area contributed by atoms with Gasteiger partial charge in [-0.05, 0) is 48.7 Å². The molecule has 1 amide bonds. The smallest absolute Gasteiger partial charge is 0.241 e. The standard InChI is InChI=1S/C20H26N2O4S/c1-5-16-6-10-18(11-7-16)22(27(4,24)25)14-20(23)21-15(2)17-8-12-19(26-3)13-9-17/h6-13,15H,5,14H2,1-4H3,(H,21,23). The number of nitrogens with one attached hydrogen (secondary N) is 1. The van der Waals surface area contributed by atoms with Crippen molar-refractivity contribution in [3.05, 3.63) is 59.7 Å². The third kappa shape index (κ3) is 5.72. The Hall–Kier alpha value is -2.54. The number of benzene rings is 2. The minimum atomic E-state index is -3.59. The second-order valence-corrected chi connectivity index (χ2v) is 8.26. The highest BCUT2D eigenvalue weighted by Gasteiger charge is 2.21. The molecular weight excluding hydrogens is 364 g/mol. The maximum atomic E-state index is 12.5. The van der Waals surface area contributed by atoms with Crippen molar-refractivity contribution in [2.75, 3.05) is 24.2 Å². The molecule has 0 spiro atoms. The molecular formula is C20H26N2O4S. The molecule has 0 saturated heterocycles. The van der Waals surface area contributed by atoms with Crippen LogP contribution in [0.25, 0.3) is 0 Å². The van der Waals surface area contributed by atoms with Gasteiger partial charge in [-0.15, -0.1) is 0 Å². The third-order valence-corrected chi connectivity index (χ3v) is 5.45. The van der Waals surface area contributed by atoms with E-state index in [4.69, 9.17) is 4.74 Å². The van der Waals surface area contributed by atoms with Crippen molar-refractivity contribution in [2.24, 2.45) is 0 Å². The summed E-state index contributed by atoms with van der Waals surface area (Å²) in [5.41, 5.74) is 2.48. The average molecular weight is 391 g/mol. The van der Waals surface area contributed by atoms with Crippen LogP contribution in [0.5, 0.6) is 5.75 Å². The van der Waals surface area contributed by atoms with Gasteiger partial charge >= 0.3 is 0 Å². The Morgan fingerprint density at radius 2 is 1.70 bits per heavy atom. The van der Waals surface area contributed by atoms with Crippen LogP contribution in [-0.4, -0.2) is 34.2 Å². The van der Waals surface area contributed by atoms with Crippen molar-refractivity contribution < 1.29 is 17.9 Å². The van der Waals surface area contributed by atoms with Gasteiger partial charge in [-0.2, -0.15) is 0 Å². The van der Waals surface area contributed by atoms with E-state index >= 15 is 0 Å². The van der Waals surface area contributed by atoms with Crippen molar-refractivity contribution in [1.82, 2.24) is 5.32 Å². The Kier molecular flexibility index (Phi) is 6.85. The Balaban J connectivity index is 2.10. The van der Waals surface area contributed by atoms with Gasteiger partial charge in [0.1, 0.15) is 12.3 Å². The lowest BCUT2D eigenvalue weighted by atomic mass is 10.1. The number of rotatable bonds is 8. The van der Waals surface area contributed by atoms with Gasteiger partial charge in [0, 0.05) is 0 Å². The number of aryl methyl sites for hydroxylation is 1. The van der Waals surface area contributed by atoms with Crippen LogP contribution in [0, 0.1) is 0 Å². The first-order chi connectivity index (χ1) is 12.7. The van der Waals surface area contributed by atoms with Crippen LogP contribution in [-0.2, 0) is 21.2 Å². The zero-order valence-electron chi connectivity index (χ0n) is 16.1. The molecule has 1 atom stereocenters. The molecule has 2 rings (SSSR count). The topological polar surface area (TPSA) is 75.7 Å². The first kappa shape index (κ1) is 20.8. The molecule has 0 radical (unpaired) electrons. The molecule has 7 heteroatoms. The fourth-order valence-corrected chi connectivity index (χ4v) is 3.55. The quantitative estimate of drug-likeness (QED) is 0.752. The molecule has 27 heavy (non-hydrogen) atoms. The van der Waals surface area contributed by atoms with E-state index < -0.39 is 10.0 Å². The highest BCUT2D eigenvalue weighted by molar-refractivity contribution is 7.92. The molecule has 0 aliphatic carbocycles. The van der Waals surface area contributed by atoms with Gasteiger partial charge in [0.2, 0.25) is 15.9 Å². The lowest BCUT2D eigenvalue weighted by Crippen LogP contribution is -2.41. The Bertz CT molecular complexity index is 862. The van der Waals surface area contributed by atoms with Crippen molar-refractivity contribution in [3.8, 4) is 5.75 Å². The largest absolute Gasteiger partial charge is 0.497 e. The number of sulfonamides is 1. The van der Waals surface area contributed by atoms with Crippen molar-refractivity contribution in [3.63, 3.8) is 0 Å². The zero-order chi connectivity index (χ0) is 20.0. The summed E-state index contributed by atoms with van der Waals surface area (Å²) in [6.45, 7) is 3.60. The number of methoxy groups -OCH3 is 1. The first-order valence-electron chi connectivity index (χ1n) is 8.74. The van der Waals surface area contributed by atoms with Crippen LogP contribution < -0.4 is 14.4 Å². The van der Waals surface area contributed by atoms with Gasteiger partial charge in [-0.25, -0.2) is 8.42 Å². The fourth-order valence-electron chi connectivity index (χ4n) is 2.69. The van der Waals surface area contributed by atoms with Crippen LogP contribution in [0.15, 0.2) is 48.5 Å². The molecule has 0 saturated carbocycles. The molecule has 0 aromatic heterocycles. The maximum absolute atomic E-state index is 12.5. The average Bonchev–Trinajstić information content (AvgIpc) is 2.65. The summed E-state index contributed by atoms with van der Waals surface area (Å²) in [6, 6.07) is 14.3. The van der Waals surface area contributed by atoms with E-state index in [0.29, 0.717) is 5.69 Å². The maximum Gasteiger partial charge on any atom is 0.241 e. The normalized spacial score (nSPS) is 12.3. The minimum absolute atomic E-state index is 0.257. The molecule has 2 aromatic carbocycles. The molecule has 1 N–H and O–H groups in total. The summed E-state index contributed by atoms with van der Waals surface area (Å²) < 4.78 is 30.6. The van der Waals surface area contributed by atoms with Crippen molar-refractivity contribution in [2.45, 2.75) is 26.3 Å². The molecule has 0 fully saturated rings. The third-order valence-electron chi connectivity index (χ3n) is 4.31. The first-order valence-corrected chi connectivity index (χ1v) is 10.6. The number of hydrogen-bond acceptors (Lipinski definition) is 4. The lowest BCUT2D eigenvalue weighted by Gasteiger charge is -2.23. The Morgan fingerprint density at radius 1 is 1.11 bits per heavy atom. The van der Waals surface area contributed by atoms with Gasteiger partial charge in [0.25, 0.3) is 0 Å². The van der Waals surface area contributed by atoms with Crippen LogP contribution in [0.2, 0.25) is 0 Å². The predicted molar refractivity (Wildman–Crippen MR) is 108 cm³/mol. The zero-order valence-corrected chi connectivity index (χ0v) is 16.9. The second kappa shape index (κ2) is 8.90. The number of anilines is 1. The highest BCUT2D eigenvalue weighted by atomic mass is 32.2. The molecule has 6 nitrogen and oxygen atoms in total. The summed E-state index contributed by atoms with van der Waals surface area (Å²) in [5, 5.41) is 2.84. The summed E-state index contributed by atoms with van der Waals surface area (Å²) in [6.07, 6.45) is 1.96. The van der Waals surface area contributed by atoms with E-state index in [1.165, 1.54) is 0 Å². The summed E-state index contributed by atoms with van der Waals surface area (Å²) in [5.74, 6) is 0.361. The number of carbonyl (C=O) groups excluding carboxylic acids is 1. The molecule has 0 heterocycles. The Morgan fingerprint density at radius 3 is 2.19 bits per heavy atom. The van der Waals surface area contributed by atoms with Gasteiger partial charge < -0.3 is 10.1 Å². The monoisotopic (exact) mass is 390 g/mol. The van der Waals surface area contributed by atoms with E-state index in [0.717, 1.165) is 33.9 Å². The molecule has 146 valence electrons. The van der Waals surface area contributed by atoms with E-state index in [2.05, 4.69) is 5.32 Å². The number of carbonyl (C=O) groups is 1. The van der Waals surface area contributed by atoms with Gasteiger partial charge in [-0.3, -0.25) is 9.10 Å². The molecule has 0 bridgehead atoms. The van der Waals surface area contributed by atoms with Crippen LogP contribution in [0.4, 0.5) is 5.69 Å². The van der Waals surface area contributed by atoms with Crippen LogP contribution in [0.3, 0.4) is 0 Å². The molecule has 1 unspecified atom stereocenters. The van der Waals surface area contributed by atoms with E-state index in [9.17, 15) is 13.2 Å². The highest BCUT2D eigenvalue weighted by Crippen LogP contribution is 2.20. The number of ether oxygens (including phenoxy) is 1. The van der Waals surface area contributed by atoms with Gasteiger partial charge in [-0.1, -0.05) is 31.2 Å². The van der Waals surface area contributed by atoms with E-state index in [1.807, 2.05) is 50.2 Å². The molecule has 2 aromatic rings.